The Morgan fingerprint density at radius 1 is 1.47 bits per heavy atom. The van der Waals surface area contributed by atoms with E-state index in [0.717, 1.165) is 0 Å². The zero-order valence-corrected chi connectivity index (χ0v) is 11.2. The fraction of sp³-hybridized carbons (Fsp3) is 0.538. The molecule has 1 heterocycles. The molecule has 2 amide bonds. The molecule has 1 aromatic heterocycles. The summed E-state index contributed by atoms with van der Waals surface area (Å²) in [6.07, 6.45) is 2.20. The van der Waals surface area contributed by atoms with Crippen LogP contribution in [0.25, 0.3) is 0 Å². The van der Waals surface area contributed by atoms with Crippen LogP contribution in [0.4, 0.5) is 0 Å². The number of amides is 2. The summed E-state index contributed by atoms with van der Waals surface area (Å²) in [6.45, 7) is 3.76. The normalized spacial score (nSPS) is 13.6. The first-order valence-electron chi connectivity index (χ1n) is 6.24. The molecular formula is C13H20N2O4. The van der Waals surface area contributed by atoms with E-state index < -0.39 is 5.54 Å². The monoisotopic (exact) mass is 268 g/mol. The lowest BCUT2D eigenvalue weighted by Crippen LogP contribution is -2.49. The lowest BCUT2D eigenvalue weighted by Gasteiger charge is -2.27. The van der Waals surface area contributed by atoms with Gasteiger partial charge in [-0.05, 0) is 25.5 Å². The third-order valence-electron chi connectivity index (χ3n) is 2.95. The van der Waals surface area contributed by atoms with Gasteiger partial charge in [-0.3, -0.25) is 9.59 Å². The Bertz CT molecular complexity index is 410. The van der Waals surface area contributed by atoms with Crippen molar-refractivity contribution in [2.45, 2.75) is 32.2 Å². The Balaban J connectivity index is 2.29. The minimum atomic E-state index is -0.609. The Morgan fingerprint density at radius 2 is 2.21 bits per heavy atom. The van der Waals surface area contributed by atoms with Gasteiger partial charge in [0.2, 0.25) is 5.91 Å². The Hall–Kier alpha value is -1.82. The molecule has 0 fully saturated rings. The van der Waals surface area contributed by atoms with Crippen LogP contribution < -0.4 is 10.6 Å². The highest BCUT2D eigenvalue weighted by atomic mass is 16.3. The Morgan fingerprint density at radius 3 is 2.74 bits per heavy atom. The fourth-order valence-corrected chi connectivity index (χ4v) is 1.42. The van der Waals surface area contributed by atoms with Gasteiger partial charge in [-0.1, -0.05) is 6.92 Å². The highest BCUT2D eigenvalue weighted by Gasteiger charge is 2.22. The molecule has 0 aliphatic heterocycles. The van der Waals surface area contributed by atoms with Crippen LogP contribution in [0.1, 0.15) is 37.2 Å². The average Bonchev–Trinajstić information content (AvgIpc) is 2.92. The maximum atomic E-state index is 11.6. The van der Waals surface area contributed by atoms with Crippen LogP contribution in [0.2, 0.25) is 0 Å². The minimum Gasteiger partial charge on any atom is -0.459 e. The molecule has 0 radical (unpaired) electrons. The van der Waals surface area contributed by atoms with Gasteiger partial charge in [-0.2, -0.15) is 0 Å². The number of carbonyl (C=O) groups excluding carboxylic acids is 2. The van der Waals surface area contributed by atoms with Crippen molar-refractivity contribution in [3.8, 4) is 0 Å². The number of aliphatic hydroxyl groups excluding tert-OH is 1. The molecule has 0 aliphatic rings. The average molecular weight is 268 g/mol. The van der Waals surface area contributed by atoms with Crippen molar-refractivity contribution in [1.29, 1.82) is 0 Å². The van der Waals surface area contributed by atoms with Gasteiger partial charge in [-0.25, -0.2) is 0 Å². The maximum absolute atomic E-state index is 11.6. The van der Waals surface area contributed by atoms with Crippen LogP contribution in [-0.2, 0) is 4.79 Å². The molecule has 1 unspecified atom stereocenters. The van der Waals surface area contributed by atoms with Gasteiger partial charge in [-0.15, -0.1) is 0 Å². The van der Waals surface area contributed by atoms with Crippen LogP contribution in [0, 0.1) is 0 Å². The smallest absolute Gasteiger partial charge is 0.286 e. The second kappa shape index (κ2) is 6.94. The number of hydrogen-bond donors (Lipinski definition) is 3. The van der Waals surface area contributed by atoms with Crippen LogP contribution in [0.3, 0.4) is 0 Å². The Kier molecular flexibility index (Phi) is 5.57. The fourth-order valence-electron chi connectivity index (χ4n) is 1.42. The van der Waals surface area contributed by atoms with Crippen molar-refractivity contribution >= 4 is 11.8 Å². The molecule has 1 atom stereocenters. The van der Waals surface area contributed by atoms with E-state index in [-0.39, 0.29) is 37.1 Å². The van der Waals surface area contributed by atoms with Gasteiger partial charge in [0.05, 0.1) is 18.4 Å². The summed E-state index contributed by atoms with van der Waals surface area (Å²) in [6, 6.07) is 3.17. The van der Waals surface area contributed by atoms with Crippen molar-refractivity contribution in [2.75, 3.05) is 13.2 Å². The first kappa shape index (κ1) is 15.2. The summed E-state index contributed by atoms with van der Waals surface area (Å²) in [7, 11) is 0. The molecule has 0 saturated carbocycles. The van der Waals surface area contributed by atoms with Crippen LogP contribution in [-0.4, -0.2) is 35.6 Å². The second-order valence-corrected chi connectivity index (χ2v) is 4.60. The number of hydrogen-bond acceptors (Lipinski definition) is 4. The largest absolute Gasteiger partial charge is 0.459 e. The van der Waals surface area contributed by atoms with Gasteiger partial charge in [0.15, 0.2) is 5.76 Å². The van der Waals surface area contributed by atoms with E-state index in [2.05, 4.69) is 10.6 Å². The summed E-state index contributed by atoms with van der Waals surface area (Å²) in [4.78, 5) is 23.2. The van der Waals surface area contributed by atoms with Crippen molar-refractivity contribution in [1.82, 2.24) is 10.6 Å². The van der Waals surface area contributed by atoms with E-state index >= 15 is 0 Å². The van der Waals surface area contributed by atoms with Crippen molar-refractivity contribution < 1.29 is 19.1 Å². The molecule has 0 saturated heterocycles. The molecule has 106 valence electrons. The van der Waals surface area contributed by atoms with Gasteiger partial charge in [0.25, 0.3) is 5.91 Å². The standard InChI is InChI=1S/C13H20N2O4/c1-3-13(2,9-16)15-11(17)6-7-14-12(18)10-5-4-8-19-10/h4-5,8,16H,3,6-7,9H2,1-2H3,(H,14,18)(H,15,17). The predicted octanol–water partition coefficient (Wildman–Crippen LogP) is 0.677. The van der Waals surface area contributed by atoms with E-state index in [1.165, 1.54) is 6.26 Å². The van der Waals surface area contributed by atoms with Crippen molar-refractivity contribution in [2.24, 2.45) is 0 Å². The molecule has 0 aromatic carbocycles. The van der Waals surface area contributed by atoms with Crippen LogP contribution >= 0.6 is 0 Å². The Labute approximate surface area is 112 Å². The highest BCUT2D eigenvalue weighted by molar-refractivity contribution is 5.91. The van der Waals surface area contributed by atoms with Crippen LogP contribution in [0.15, 0.2) is 22.8 Å². The SMILES string of the molecule is CCC(C)(CO)NC(=O)CCNC(=O)c1ccco1. The van der Waals surface area contributed by atoms with Crippen molar-refractivity contribution in [3.63, 3.8) is 0 Å². The minimum absolute atomic E-state index is 0.117. The molecule has 6 nitrogen and oxygen atoms in total. The van der Waals surface area contributed by atoms with E-state index in [1.807, 2.05) is 6.92 Å². The summed E-state index contributed by atoms with van der Waals surface area (Å²) in [5.41, 5.74) is -0.609. The number of rotatable bonds is 7. The molecule has 6 heteroatoms. The molecule has 19 heavy (non-hydrogen) atoms. The third kappa shape index (κ3) is 4.75. The summed E-state index contributed by atoms with van der Waals surface area (Å²) < 4.78 is 4.92. The predicted molar refractivity (Wildman–Crippen MR) is 69.6 cm³/mol. The first-order valence-corrected chi connectivity index (χ1v) is 6.24. The topological polar surface area (TPSA) is 91.6 Å². The van der Waals surface area contributed by atoms with Crippen molar-refractivity contribution in [3.05, 3.63) is 24.2 Å². The molecular weight excluding hydrogens is 248 g/mol. The van der Waals surface area contributed by atoms with E-state index in [4.69, 9.17) is 4.42 Å². The molecule has 3 N–H and O–H groups in total. The maximum Gasteiger partial charge on any atom is 0.286 e. The number of carbonyl (C=O) groups is 2. The molecule has 0 bridgehead atoms. The van der Waals surface area contributed by atoms with Gasteiger partial charge >= 0.3 is 0 Å². The number of furan rings is 1. The van der Waals surface area contributed by atoms with Gasteiger partial charge in [0, 0.05) is 13.0 Å². The number of nitrogens with one attached hydrogen (secondary N) is 2. The van der Waals surface area contributed by atoms with Gasteiger partial charge in [0.1, 0.15) is 0 Å². The van der Waals surface area contributed by atoms with Gasteiger partial charge < -0.3 is 20.2 Å². The van der Waals surface area contributed by atoms with E-state index in [1.54, 1.807) is 19.1 Å². The third-order valence-corrected chi connectivity index (χ3v) is 2.95. The van der Waals surface area contributed by atoms with E-state index in [0.29, 0.717) is 6.42 Å². The number of aliphatic hydroxyl groups is 1. The lowest BCUT2D eigenvalue weighted by atomic mass is 10.0. The summed E-state index contributed by atoms with van der Waals surface area (Å²) in [5, 5.41) is 14.5. The summed E-state index contributed by atoms with van der Waals surface area (Å²) in [5.74, 6) is -0.342. The molecule has 0 spiro atoms. The lowest BCUT2D eigenvalue weighted by molar-refractivity contribution is -0.123. The molecule has 0 aliphatic carbocycles. The zero-order valence-electron chi connectivity index (χ0n) is 11.2. The highest BCUT2D eigenvalue weighted by Crippen LogP contribution is 2.07. The molecule has 1 rings (SSSR count). The van der Waals surface area contributed by atoms with Crippen LogP contribution in [0.5, 0.6) is 0 Å². The quantitative estimate of drug-likeness (QED) is 0.678. The van der Waals surface area contributed by atoms with E-state index in [9.17, 15) is 14.7 Å². The zero-order chi connectivity index (χ0) is 14.3. The molecule has 1 aromatic rings. The second-order valence-electron chi connectivity index (χ2n) is 4.60. The summed E-state index contributed by atoms with van der Waals surface area (Å²) >= 11 is 0. The first-order chi connectivity index (χ1) is 9.00.